The molecule has 0 amide bonds. The van der Waals surface area contributed by atoms with Crippen molar-refractivity contribution >= 4 is 0 Å². The van der Waals surface area contributed by atoms with Gasteiger partial charge in [-0.1, -0.05) is 26.2 Å². The van der Waals surface area contributed by atoms with E-state index >= 15 is 0 Å². The van der Waals surface area contributed by atoms with Gasteiger partial charge in [-0.3, -0.25) is 0 Å². The van der Waals surface area contributed by atoms with E-state index in [9.17, 15) is 8.78 Å². The van der Waals surface area contributed by atoms with Crippen LogP contribution < -0.4 is 5.32 Å². The van der Waals surface area contributed by atoms with Gasteiger partial charge in [0.25, 0.3) is 0 Å². The molecule has 0 spiro atoms. The molecule has 0 aliphatic rings. The molecule has 0 saturated carbocycles. The Morgan fingerprint density at radius 1 is 1.25 bits per heavy atom. The summed E-state index contributed by atoms with van der Waals surface area (Å²) in [7, 11) is 1.78. The Morgan fingerprint density at radius 2 is 2.00 bits per heavy atom. The van der Waals surface area contributed by atoms with Crippen LogP contribution >= 0.6 is 0 Å². The van der Waals surface area contributed by atoms with Crippen LogP contribution in [0.1, 0.15) is 44.2 Å². The number of halogens is 2. The van der Waals surface area contributed by atoms with Crippen LogP contribution in [0.3, 0.4) is 0 Å². The number of nitrogens with one attached hydrogen (secondary N) is 1. The molecule has 1 rings (SSSR count). The molecule has 0 aliphatic heterocycles. The first-order valence-corrected chi connectivity index (χ1v) is 5.81. The molecule has 0 bridgehead atoms. The molecule has 1 atom stereocenters. The highest BCUT2D eigenvalue weighted by molar-refractivity contribution is 5.22. The Bertz CT molecular complexity index is 326. The lowest BCUT2D eigenvalue weighted by Gasteiger charge is -2.17. The number of unbranched alkanes of at least 4 members (excludes halogenated alkanes) is 2. The predicted molar refractivity (Wildman–Crippen MR) is 62.3 cm³/mol. The molecule has 0 radical (unpaired) electrons. The predicted octanol–water partition coefficient (Wildman–Crippen LogP) is 3.81. The summed E-state index contributed by atoms with van der Waals surface area (Å²) in [4.78, 5) is 0. The van der Waals surface area contributed by atoms with Crippen LogP contribution in [0.5, 0.6) is 0 Å². The molecule has 1 unspecified atom stereocenters. The third-order valence-electron chi connectivity index (χ3n) is 2.78. The molecule has 0 heterocycles. The van der Waals surface area contributed by atoms with Gasteiger partial charge in [-0.2, -0.15) is 0 Å². The fraction of sp³-hybridized carbons (Fsp3) is 0.538. The first kappa shape index (κ1) is 13.1. The third-order valence-corrected chi connectivity index (χ3v) is 2.78. The maximum Gasteiger partial charge on any atom is 0.128 e. The monoisotopic (exact) mass is 227 g/mol. The molecular weight excluding hydrogens is 208 g/mol. The van der Waals surface area contributed by atoms with E-state index < -0.39 is 0 Å². The number of benzene rings is 1. The molecule has 1 N–H and O–H groups in total. The SMILES string of the molecule is CCCCCC(NC)c1cc(F)ccc1F. The highest BCUT2D eigenvalue weighted by Gasteiger charge is 2.14. The molecule has 90 valence electrons. The highest BCUT2D eigenvalue weighted by Crippen LogP contribution is 2.23. The largest absolute Gasteiger partial charge is 0.313 e. The zero-order chi connectivity index (χ0) is 12.0. The summed E-state index contributed by atoms with van der Waals surface area (Å²) >= 11 is 0. The fourth-order valence-electron chi connectivity index (χ4n) is 1.84. The summed E-state index contributed by atoms with van der Waals surface area (Å²) in [6.07, 6.45) is 4.11. The minimum atomic E-state index is -0.382. The molecule has 1 aromatic carbocycles. The number of rotatable bonds is 6. The molecule has 1 aromatic rings. The van der Waals surface area contributed by atoms with Gasteiger partial charge in [-0.15, -0.1) is 0 Å². The first-order chi connectivity index (χ1) is 7.69. The van der Waals surface area contributed by atoms with E-state index in [2.05, 4.69) is 12.2 Å². The Hall–Kier alpha value is -0.960. The normalized spacial score (nSPS) is 12.8. The summed E-state index contributed by atoms with van der Waals surface area (Å²) in [5.41, 5.74) is 0.429. The van der Waals surface area contributed by atoms with Gasteiger partial charge in [0.2, 0.25) is 0 Å². The average molecular weight is 227 g/mol. The smallest absolute Gasteiger partial charge is 0.128 e. The summed E-state index contributed by atoms with van der Waals surface area (Å²) in [6.45, 7) is 2.12. The minimum Gasteiger partial charge on any atom is -0.313 e. The lowest BCUT2D eigenvalue weighted by atomic mass is 10.00. The standard InChI is InChI=1S/C13H19F2N/c1-3-4-5-6-13(16-2)11-9-10(14)7-8-12(11)15/h7-9,13,16H,3-6H2,1-2H3. The van der Waals surface area contributed by atoms with E-state index in [0.29, 0.717) is 5.56 Å². The van der Waals surface area contributed by atoms with Crippen LogP contribution in [0.4, 0.5) is 8.78 Å². The van der Waals surface area contributed by atoms with Crippen LogP contribution in [-0.4, -0.2) is 7.05 Å². The van der Waals surface area contributed by atoms with Crippen molar-refractivity contribution in [1.82, 2.24) is 5.32 Å². The van der Waals surface area contributed by atoms with Crippen molar-refractivity contribution < 1.29 is 8.78 Å². The van der Waals surface area contributed by atoms with Crippen LogP contribution in [0.15, 0.2) is 18.2 Å². The summed E-state index contributed by atoms with van der Waals surface area (Å²) in [5.74, 6) is -0.718. The third kappa shape index (κ3) is 3.56. The lowest BCUT2D eigenvalue weighted by Crippen LogP contribution is -2.17. The van der Waals surface area contributed by atoms with Crippen molar-refractivity contribution in [3.05, 3.63) is 35.4 Å². The van der Waals surface area contributed by atoms with Gasteiger partial charge >= 0.3 is 0 Å². The average Bonchev–Trinajstić information content (AvgIpc) is 2.28. The van der Waals surface area contributed by atoms with E-state index in [0.717, 1.165) is 31.7 Å². The van der Waals surface area contributed by atoms with Crippen LogP contribution in [0, 0.1) is 11.6 Å². The van der Waals surface area contributed by atoms with E-state index in [4.69, 9.17) is 0 Å². The van der Waals surface area contributed by atoms with E-state index in [1.807, 2.05) is 0 Å². The van der Waals surface area contributed by atoms with E-state index in [1.165, 1.54) is 12.1 Å². The summed E-state index contributed by atoms with van der Waals surface area (Å²) < 4.78 is 26.5. The van der Waals surface area contributed by atoms with Crippen molar-refractivity contribution in [2.75, 3.05) is 7.05 Å². The molecule has 0 aromatic heterocycles. The zero-order valence-corrected chi connectivity index (χ0v) is 9.89. The van der Waals surface area contributed by atoms with Gasteiger partial charge in [-0.05, 0) is 31.7 Å². The zero-order valence-electron chi connectivity index (χ0n) is 9.89. The second kappa shape index (κ2) is 6.59. The quantitative estimate of drug-likeness (QED) is 0.729. The van der Waals surface area contributed by atoms with Crippen molar-refractivity contribution in [1.29, 1.82) is 0 Å². The first-order valence-electron chi connectivity index (χ1n) is 5.81. The Labute approximate surface area is 95.9 Å². The summed E-state index contributed by atoms with van der Waals surface area (Å²) in [5, 5.41) is 3.04. The van der Waals surface area contributed by atoms with Gasteiger partial charge in [0.1, 0.15) is 11.6 Å². The van der Waals surface area contributed by atoms with Gasteiger partial charge in [0.15, 0.2) is 0 Å². The fourth-order valence-corrected chi connectivity index (χ4v) is 1.84. The minimum absolute atomic E-state index is 0.0951. The Kier molecular flexibility index (Phi) is 5.39. The molecule has 0 saturated heterocycles. The highest BCUT2D eigenvalue weighted by atomic mass is 19.1. The van der Waals surface area contributed by atoms with Gasteiger partial charge in [0, 0.05) is 11.6 Å². The van der Waals surface area contributed by atoms with Crippen molar-refractivity contribution in [3.8, 4) is 0 Å². The Morgan fingerprint density at radius 3 is 2.62 bits per heavy atom. The number of hydrogen-bond donors (Lipinski definition) is 1. The second-order valence-electron chi connectivity index (χ2n) is 4.00. The van der Waals surface area contributed by atoms with E-state index in [-0.39, 0.29) is 17.7 Å². The van der Waals surface area contributed by atoms with Gasteiger partial charge in [0.05, 0.1) is 0 Å². The topological polar surface area (TPSA) is 12.0 Å². The van der Waals surface area contributed by atoms with Gasteiger partial charge < -0.3 is 5.32 Å². The lowest BCUT2D eigenvalue weighted by molar-refractivity contribution is 0.479. The maximum atomic E-state index is 13.5. The molecule has 3 heteroatoms. The Balaban J connectivity index is 2.73. The maximum absolute atomic E-state index is 13.5. The number of hydrogen-bond acceptors (Lipinski definition) is 1. The van der Waals surface area contributed by atoms with E-state index in [1.54, 1.807) is 7.05 Å². The van der Waals surface area contributed by atoms with Crippen molar-refractivity contribution in [2.24, 2.45) is 0 Å². The molecule has 1 nitrogen and oxygen atoms in total. The molecule has 0 fully saturated rings. The molecule has 16 heavy (non-hydrogen) atoms. The van der Waals surface area contributed by atoms with Crippen LogP contribution in [0.2, 0.25) is 0 Å². The van der Waals surface area contributed by atoms with Gasteiger partial charge in [-0.25, -0.2) is 8.78 Å². The van der Waals surface area contributed by atoms with Crippen molar-refractivity contribution in [3.63, 3.8) is 0 Å². The van der Waals surface area contributed by atoms with Crippen LogP contribution in [0.25, 0.3) is 0 Å². The molecular formula is C13H19F2N. The summed E-state index contributed by atoms with van der Waals surface area (Å²) in [6, 6.07) is 3.52. The van der Waals surface area contributed by atoms with Crippen LogP contribution in [-0.2, 0) is 0 Å². The van der Waals surface area contributed by atoms with Crippen molar-refractivity contribution in [2.45, 2.75) is 38.6 Å². The second-order valence-corrected chi connectivity index (χ2v) is 4.00. The molecule has 0 aliphatic carbocycles.